The molecule has 0 spiro atoms. The minimum Gasteiger partial charge on any atom is -0.481 e. The molecule has 0 heterocycles. The van der Waals surface area contributed by atoms with E-state index in [0.717, 1.165) is 31.2 Å². The molecule has 1 fully saturated rings. The van der Waals surface area contributed by atoms with Gasteiger partial charge in [0.15, 0.2) is 0 Å². The van der Waals surface area contributed by atoms with Crippen LogP contribution in [0.2, 0.25) is 5.02 Å². The number of benzene rings is 1. The Balaban J connectivity index is 2.27. The summed E-state index contributed by atoms with van der Waals surface area (Å²) in [6.07, 6.45) is 3.72. The normalized spacial score (nSPS) is 23.1. The van der Waals surface area contributed by atoms with Crippen molar-refractivity contribution in [3.63, 3.8) is 0 Å². The van der Waals surface area contributed by atoms with E-state index >= 15 is 0 Å². The number of ether oxygens (including phenoxy) is 1. The van der Waals surface area contributed by atoms with Crippen molar-refractivity contribution in [3.8, 4) is 0 Å². The summed E-state index contributed by atoms with van der Waals surface area (Å²) >= 11 is 5.94. The maximum Gasteiger partial charge on any atom is 0.313 e. The van der Waals surface area contributed by atoms with Gasteiger partial charge in [-0.3, -0.25) is 4.79 Å². The number of nitrogens with zero attached hydrogens (tertiary/aromatic N) is 3. The molecule has 7 heteroatoms. The molecule has 1 aliphatic rings. The van der Waals surface area contributed by atoms with Crippen LogP contribution >= 0.6 is 11.6 Å². The third-order valence-corrected chi connectivity index (χ3v) is 4.91. The van der Waals surface area contributed by atoms with Gasteiger partial charge in [0.05, 0.1) is 6.10 Å². The topological polar surface area (TPSA) is 95.3 Å². The second-order valence-corrected chi connectivity index (χ2v) is 6.49. The van der Waals surface area contributed by atoms with Crippen LogP contribution in [0.1, 0.15) is 44.1 Å². The van der Waals surface area contributed by atoms with Crippen molar-refractivity contribution in [1.29, 1.82) is 0 Å². The van der Waals surface area contributed by atoms with E-state index in [4.69, 9.17) is 21.9 Å². The van der Waals surface area contributed by atoms with Gasteiger partial charge < -0.3 is 9.84 Å². The van der Waals surface area contributed by atoms with Crippen LogP contribution in [0.4, 0.5) is 0 Å². The first-order chi connectivity index (χ1) is 11.6. The van der Waals surface area contributed by atoms with Crippen LogP contribution in [-0.2, 0) is 9.53 Å². The zero-order valence-electron chi connectivity index (χ0n) is 13.6. The molecular weight excluding hydrogens is 330 g/mol. The van der Waals surface area contributed by atoms with Gasteiger partial charge in [0.2, 0.25) is 0 Å². The van der Waals surface area contributed by atoms with Gasteiger partial charge in [0.25, 0.3) is 0 Å². The lowest BCUT2D eigenvalue weighted by molar-refractivity contribution is -0.139. The molecule has 1 saturated carbocycles. The molecule has 6 nitrogen and oxygen atoms in total. The molecule has 0 radical (unpaired) electrons. The average molecular weight is 352 g/mol. The fourth-order valence-electron chi connectivity index (χ4n) is 3.58. The Hall–Kier alpha value is -1.75. The number of azide groups is 1. The van der Waals surface area contributed by atoms with Crippen LogP contribution in [0.3, 0.4) is 0 Å². The fourth-order valence-corrected chi connectivity index (χ4v) is 3.70. The van der Waals surface area contributed by atoms with Crippen molar-refractivity contribution < 1.29 is 14.6 Å². The first-order valence-corrected chi connectivity index (χ1v) is 8.58. The van der Waals surface area contributed by atoms with Gasteiger partial charge in [-0.25, -0.2) is 0 Å². The summed E-state index contributed by atoms with van der Waals surface area (Å²) in [5.41, 5.74) is 9.64. The number of halogens is 1. The number of hydrogen-bond acceptors (Lipinski definition) is 3. The first-order valence-electron chi connectivity index (χ1n) is 8.20. The zero-order chi connectivity index (χ0) is 17.5. The molecule has 1 aromatic carbocycles. The lowest BCUT2D eigenvalue weighted by atomic mass is 9.73. The van der Waals surface area contributed by atoms with Gasteiger partial charge >= 0.3 is 5.97 Å². The van der Waals surface area contributed by atoms with Crippen LogP contribution < -0.4 is 0 Å². The molecule has 0 amide bonds. The third kappa shape index (κ3) is 4.63. The zero-order valence-corrected chi connectivity index (χ0v) is 14.4. The standard InChI is InChI=1S/C17H22ClN3O3/c1-2-24-14-9-5-12(6-10-14)15(16(17(22)23)20-21-19)11-3-7-13(18)8-4-11/h3-4,7-8,12,14-16H,2,5-6,9-10H2,1H3,(H,22,23)/t12-,14-,15-,16-/m0/s1. The van der Waals surface area contributed by atoms with Gasteiger partial charge in [0.1, 0.15) is 6.04 Å². The predicted molar refractivity (Wildman–Crippen MR) is 92.1 cm³/mol. The van der Waals surface area contributed by atoms with Crippen molar-refractivity contribution >= 4 is 17.6 Å². The SMILES string of the molecule is CCO[C@H]1CC[C@H]([C@H](c2ccc(Cl)cc2)[C@H](N=[N+]=[N-])C(=O)O)CC1. The highest BCUT2D eigenvalue weighted by Crippen LogP contribution is 2.40. The molecule has 2 rings (SSSR count). The Kier molecular flexibility index (Phi) is 6.91. The Morgan fingerprint density at radius 1 is 1.38 bits per heavy atom. The van der Waals surface area contributed by atoms with E-state index in [1.165, 1.54) is 0 Å². The third-order valence-electron chi connectivity index (χ3n) is 4.65. The first kappa shape index (κ1) is 18.6. The quantitative estimate of drug-likeness (QED) is 0.435. The summed E-state index contributed by atoms with van der Waals surface area (Å²) in [6.45, 7) is 2.66. The van der Waals surface area contributed by atoms with E-state index in [1.54, 1.807) is 12.1 Å². The smallest absolute Gasteiger partial charge is 0.313 e. The van der Waals surface area contributed by atoms with Crippen LogP contribution in [0.25, 0.3) is 10.4 Å². The maximum atomic E-state index is 11.7. The average Bonchev–Trinajstić information content (AvgIpc) is 2.57. The second-order valence-electron chi connectivity index (χ2n) is 6.06. The molecule has 1 aromatic rings. The Labute approximate surface area is 146 Å². The van der Waals surface area contributed by atoms with Gasteiger partial charge in [0, 0.05) is 22.5 Å². The minimum atomic E-state index is -1.12. The summed E-state index contributed by atoms with van der Waals surface area (Å²) in [7, 11) is 0. The van der Waals surface area contributed by atoms with Crippen LogP contribution in [0.5, 0.6) is 0 Å². The molecule has 0 unspecified atom stereocenters. The second kappa shape index (κ2) is 8.92. The number of carboxylic acid groups (broad SMARTS) is 1. The van der Waals surface area contributed by atoms with E-state index in [0.29, 0.717) is 11.6 Å². The van der Waals surface area contributed by atoms with Gasteiger partial charge in [-0.05, 0) is 61.8 Å². The van der Waals surface area contributed by atoms with E-state index in [-0.39, 0.29) is 17.9 Å². The van der Waals surface area contributed by atoms with Crippen molar-refractivity contribution in [2.45, 2.75) is 50.7 Å². The number of rotatable bonds is 7. The Morgan fingerprint density at radius 2 is 2.00 bits per heavy atom. The van der Waals surface area contributed by atoms with Gasteiger partial charge in [-0.15, -0.1) is 0 Å². The van der Waals surface area contributed by atoms with Crippen LogP contribution in [0.15, 0.2) is 29.4 Å². The summed E-state index contributed by atoms with van der Waals surface area (Å²) in [4.78, 5) is 14.4. The van der Waals surface area contributed by atoms with Crippen molar-refractivity contribution in [2.75, 3.05) is 6.61 Å². The highest BCUT2D eigenvalue weighted by Gasteiger charge is 2.37. The summed E-state index contributed by atoms with van der Waals surface area (Å²) in [5, 5.41) is 13.7. The Bertz CT molecular complexity index is 592. The van der Waals surface area contributed by atoms with E-state index < -0.39 is 12.0 Å². The lowest BCUT2D eigenvalue weighted by Gasteiger charge is -2.35. The molecule has 0 bridgehead atoms. The lowest BCUT2D eigenvalue weighted by Crippen LogP contribution is -2.34. The monoisotopic (exact) mass is 351 g/mol. The predicted octanol–water partition coefficient (Wildman–Crippen LogP) is 4.78. The Morgan fingerprint density at radius 3 is 2.50 bits per heavy atom. The number of carbonyl (C=O) groups is 1. The van der Waals surface area contributed by atoms with Gasteiger partial charge in [-0.2, -0.15) is 0 Å². The molecule has 130 valence electrons. The minimum absolute atomic E-state index is 0.134. The molecule has 0 aromatic heterocycles. The van der Waals surface area contributed by atoms with Crippen LogP contribution in [-0.4, -0.2) is 29.8 Å². The largest absolute Gasteiger partial charge is 0.481 e. The highest BCUT2D eigenvalue weighted by molar-refractivity contribution is 6.30. The molecule has 2 atom stereocenters. The highest BCUT2D eigenvalue weighted by atomic mass is 35.5. The maximum absolute atomic E-state index is 11.7. The fraction of sp³-hybridized carbons (Fsp3) is 0.588. The molecule has 1 aliphatic carbocycles. The summed E-state index contributed by atoms with van der Waals surface area (Å²) < 4.78 is 5.67. The summed E-state index contributed by atoms with van der Waals surface area (Å²) in [6, 6.07) is 6.01. The molecule has 0 saturated heterocycles. The molecule has 1 N–H and O–H groups in total. The number of carboxylic acids is 1. The molecule has 0 aliphatic heterocycles. The number of aliphatic carboxylic acids is 1. The van der Waals surface area contributed by atoms with Crippen molar-refractivity contribution in [2.24, 2.45) is 11.0 Å². The van der Waals surface area contributed by atoms with Crippen molar-refractivity contribution in [1.82, 2.24) is 0 Å². The van der Waals surface area contributed by atoms with Gasteiger partial charge in [-0.1, -0.05) is 28.8 Å². The molecular formula is C17H22ClN3O3. The van der Waals surface area contributed by atoms with E-state index in [9.17, 15) is 9.90 Å². The molecule has 24 heavy (non-hydrogen) atoms. The van der Waals surface area contributed by atoms with Crippen LogP contribution in [0, 0.1) is 5.92 Å². The van der Waals surface area contributed by atoms with E-state index in [1.807, 2.05) is 19.1 Å². The summed E-state index contributed by atoms with van der Waals surface area (Å²) in [5.74, 6) is -1.33. The number of hydrogen-bond donors (Lipinski definition) is 1. The van der Waals surface area contributed by atoms with Crippen molar-refractivity contribution in [3.05, 3.63) is 45.3 Å². The van der Waals surface area contributed by atoms with E-state index in [2.05, 4.69) is 10.0 Å².